The fourth-order valence-corrected chi connectivity index (χ4v) is 3.28. The Bertz CT molecular complexity index is 498. The molecule has 5 heteroatoms. The minimum Gasteiger partial charge on any atom is -0.396 e. The molecule has 0 aliphatic carbocycles. The summed E-state index contributed by atoms with van der Waals surface area (Å²) in [5.41, 5.74) is 1.14. The van der Waals surface area contributed by atoms with Gasteiger partial charge in [-0.15, -0.1) is 0 Å². The van der Waals surface area contributed by atoms with Crippen LogP contribution >= 0.6 is 0 Å². The van der Waals surface area contributed by atoms with Crippen LogP contribution in [-0.4, -0.2) is 62.3 Å². The summed E-state index contributed by atoms with van der Waals surface area (Å²) in [6.07, 6.45) is 3.79. The predicted octanol–water partition coefficient (Wildman–Crippen LogP) is 2.05. The van der Waals surface area contributed by atoms with Gasteiger partial charge >= 0.3 is 0 Å². The van der Waals surface area contributed by atoms with Crippen molar-refractivity contribution in [1.29, 1.82) is 0 Å². The molecule has 1 aliphatic heterocycles. The first-order valence-corrected chi connectivity index (χ1v) is 9.59. The number of rotatable bonds is 8. The van der Waals surface area contributed by atoms with Gasteiger partial charge in [-0.25, -0.2) is 0 Å². The summed E-state index contributed by atoms with van der Waals surface area (Å²) >= 11 is 0. The van der Waals surface area contributed by atoms with Crippen LogP contribution in [0.15, 0.2) is 35.3 Å². The highest BCUT2D eigenvalue weighted by Crippen LogP contribution is 2.18. The van der Waals surface area contributed by atoms with Gasteiger partial charge in [-0.05, 0) is 57.8 Å². The summed E-state index contributed by atoms with van der Waals surface area (Å²) in [7, 11) is 2.20. The number of nitrogens with zero attached hydrogens (tertiary/aromatic N) is 2. The van der Waals surface area contributed by atoms with E-state index in [1.807, 2.05) is 18.2 Å². The first-order valence-electron chi connectivity index (χ1n) is 9.59. The smallest absolute Gasteiger partial charge is 0.191 e. The number of nitrogens with one attached hydrogen (secondary N) is 2. The van der Waals surface area contributed by atoms with E-state index in [9.17, 15) is 5.11 Å². The molecule has 25 heavy (non-hydrogen) atoms. The molecule has 1 atom stereocenters. The number of hydrogen-bond acceptors (Lipinski definition) is 3. The number of hydrogen-bond donors (Lipinski definition) is 3. The molecule has 1 saturated heterocycles. The SMILES string of the molecule is CCNC(=NCC(CO)c1ccccc1)NCCC1CCN(C)CC1. The van der Waals surface area contributed by atoms with E-state index in [4.69, 9.17) is 0 Å². The summed E-state index contributed by atoms with van der Waals surface area (Å²) < 4.78 is 0. The van der Waals surface area contributed by atoms with Crippen LogP contribution in [0.25, 0.3) is 0 Å². The molecule has 1 aromatic rings. The molecule has 0 spiro atoms. The Morgan fingerprint density at radius 2 is 1.96 bits per heavy atom. The fourth-order valence-electron chi connectivity index (χ4n) is 3.28. The Morgan fingerprint density at radius 3 is 2.60 bits per heavy atom. The number of benzene rings is 1. The maximum absolute atomic E-state index is 9.68. The maximum atomic E-state index is 9.68. The molecule has 1 unspecified atom stereocenters. The van der Waals surface area contributed by atoms with E-state index < -0.39 is 0 Å². The Balaban J connectivity index is 1.80. The van der Waals surface area contributed by atoms with Crippen molar-refractivity contribution in [2.24, 2.45) is 10.9 Å². The highest BCUT2D eigenvalue weighted by molar-refractivity contribution is 5.79. The zero-order valence-electron chi connectivity index (χ0n) is 15.7. The minimum absolute atomic E-state index is 0.0468. The van der Waals surface area contributed by atoms with Crippen molar-refractivity contribution in [2.45, 2.75) is 32.1 Å². The van der Waals surface area contributed by atoms with Crippen LogP contribution in [0.4, 0.5) is 0 Å². The molecule has 1 fully saturated rings. The Labute approximate surface area is 152 Å². The summed E-state index contributed by atoms with van der Waals surface area (Å²) in [6.45, 7) is 7.01. The molecule has 1 heterocycles. The van der Waals surface area contributed by atoms with Crippen molar-refractivity contribution >= 4 is 5.96 Å². The molecule has 0 amide bonds. The van der Waals surface area contributed by atoms with Gasteiger partial charge in [0, 0.05) is 19.0 Å². The van der Waals surface area contributed by atoms with E-state index in [1.165, 1.54) is 32.4 Å². The van der Waals surface area contributed by atoms with Gasteiger partial charge in [0.2, 0.25) is 0 Å². The standard InChI is InChI=1S/C20H34N4O/c1-3-21-20(22-12-9-17-10-13-24(2)14-11-17)23-15-19(16-25)18-7-5-4-6-8-18/h4-8,17,19,25H,3,9-16H2,1-2H3,(H2,21,22,23). The van der Waals surface area contributed by atoms with E-state index in [1.54, 1.807) is 0 Å². The lowest BCUT2D eigenvalue weighted by atomic mass is 9.94. The molecular formula is C20H34N4O. The highest BCUT2D eigenvalue weighted by Gasteiger charge is 2.16. The fraction of sp³-hybridized carbons (Fsp3) is 0.650. The van der Waals surface area contributed by atoms with Gasteiger partial charge in [0.1, 0.15) is 0 Å². The van der Waals surface area contributed by atoms with E-state index in [0.29, 0.717) is 6.54 Å². The lowest BCUT2D eigenvalue weighted by molar-refractivity contribution is 0.213. The second-order valence-electron chi connectivity index (χ2n) is 6.97. The average Bonchev–Trinajstić information content (AvgIpc) is 2.64. The third-order valence-electron chi connectivity index (χ3n) is 4.99. The second-order valence-corrected chi connectivity index (χ2v) is 6.97. The third kappa shape index (κ3) is 7.04. The van der Waals surface area contributed by atoms with Crippen molar-refractivity contribution < 1.29 is 5.11 Å². The number of aliphatic imine (C=N–C) groups is 1. The third-order valence-corrected chi connectivity index (χ3v) is 4.99. The second kappa shape index (κ2) is 11.1. The van der Waals surface area contributed by atoms with E-state index >= 15 is 0 Å². The van der Waals surface area contributed by atoms with Crippen LogP contribution in [-0.2, 0) is 0 Å². The van der Waals surface area contributed by atoms with Crippen LogP contribution in [0.5, 0.6) is 0 Å². The normalized spacial score (nSPS) is 18.1. The van der Waals surface area contributed by atoms with Gasteiger partial charge in [0.15, 0.2) is 5.96 Å². The average molecular weight is 347 g/mol. The van der Waals surface area contributed by atoms with Crippen LogP contribution < -0.4 is 10.6 Å². The largest absolute Gasteiger partial charge is 0.396 e. The summed E-state index contributed by atoms with van der Waals surface area (Å²) in [5.74, 6) is 1.72. The summed E-state index contributed by atoms with van der Waals surface area (Å²) in [6, 6.07) is 10.1. The summed E-state index contributed by atoms with van der Waals surface area (Å²) in [4.78, 5) is 7.09. The quantitative estimate of drug-likeness (QED) is 0.498. The van der Waals surface area contributed by atoms with Gasteiger partial charge in [0.05, 0.1) is 13.2 Å². The van der Waals surface area contributed by atoms with E-state index in [2.05, 4.69) is 46.6 Å². The molecule has 3 N–H and O–H groups in total. The number of guanidine groups is 1. The molecule has 0 saturated carbocycles. The van der Waals surface area contributed by atoms with E-state index in [-0.39, 0.29) is 12.5 Å². The zero-order valence-corrected chi connectivity index (χ0v) is 15.7. The van der Waals surface area contributed by atoms with Crippen LogP contribution in [0.3, 0.4) is 0 Å². The van der Waals surface area contributed by atoms with Crippen molar-refractivity contribution in [1.82, 2.24) is 15.5 Å². The van der Waals surface area contributed by atoms with Gasteiger partial charge in [0.25, 0.3) is 0 Å². The molecule has 5 nitrogen and oxygen atoms in total. The van der Waals surface area contributed by atoms with Crippen molar-refractivity contribution in [3.05, 3.63) is 35.9 Å². The van der Waals surface area contributed by atoms with Gasteiger partial charge < -0.3 is 20.6 Å². The van der Waals surface area contributed by atoms with Gasteiger partial charge in [-0.1, -0.05) is 30.3 Å². The Kier molecular flexibility index (Phi) is 8.77. The minimum atomic E-state index is 0.0468. The van der Waals surface area contributed by atoms with Crippen molar-refractivity contribution in [2.75, 3.05) is 46.4 Å². The molecule has 140 valence electrons. The zero-order chi connectivity index (χ0) is 17.9. The van der Waals surface area contributed by atoms with Crippen molar-refractivity contribution in [3.8, 4) is 0 Å². The first kappa shape index (κ1) is 19.7. The van der Waals surface area contributed by atoms with Crippen LogP contribution in [0.1, 0.15) is 37.7 Å². The number of likely N-dealkylation sites (tertiary alicyclic amines) is 1. The van der Waals surface area contributed by atoms with Crippen LogP contribution in [0, 0.1) is 5.92 Å². The Morgan fingerprint density at radius 1 is 1.24 bits per heavy atom. The molecular weight excluding hydrogens is 312 g/mol. The van der Waals surface area contributed by atoms with E-state index in [0.717, 1.165) is 30.5 Å². The Hall–Kier alpha value is -1.59. The highest BCUT2D eigenvalue weighted by atomic mass is 16.3. The lowest BCUT2D eigenvalue weighted by Gasteiger charge is -2.29. The van der Waals surface area contributed by atoms with Gasteiger partial charge in [-0.3, -0.25) is 4.99 Å². The first-order chi connectivity index (χ1) is 12.2. The van der Waals surface area contributed by atoms with Crippen molar-refractivity contribution in [3.63, 3.8) is 0 Å². The van der Waals surface area contributed by atoms with Gasteiger partial charge in [-0.2, -0.15) is 0 Å². The molecule has 1 aromatic carbocycles. The predicted molar refractivity (Wildman–Crippen MR) is 105 cm³/mol. The molecule has 0 aromatic heterocycles. The topological polar surface area (TPSA) is 59.9 Å². The molecule has 2 rings (SSSR count). The van der Waals surface area contributed by atoms with Crippen LogP contribution in [0.2, 0.25) is 0 Å². The molecule has 0 bridgehead atoms. The number of piperidine rings is 1. The summed E-state index contributed by atoms with van der Waals surface area (Å²) in [5, 5.41) is 16.4. The lowest BCUT2D eigenvalue weighted by Crippen LogP contribution is -2.39. The maximum Gasteiger partial charge on any atom is 0.191 e. The monoisotopic (exact) mass is 346 g/mol. The number of aliphatic hydroxyl groups excluding tert-OH is 1. The molecule has 0 radical (unpaired) electrons. The molecule has 1 aliphatic rings. The number of aliphatic hydroxyl groups is 1.